The lowest BCUT2D eigenvalue weighted by Gasteiger charge is -2.24. The number of hydrogen-bond acceptors (Lipinski definition) is 3. The quantitative estimate of drug-likeness (QED) is 0.888. The van der Waals surface area contributed by atoms with Gasteiger partial charge in [-0.1, -0.05) is 38.1 Å². The number of carbonyl (C=O) groups is 1. The minimum atomic E-state index is 0.0211. The lowest BCUT2D eigenvalue weighted by molar-refractivity contribution is 0.0827. The first kappa shape index (κ1) is 18.2. The fourth-order valence-corrected chi connectivity index (χ4v) is 3.15. The van der Waals surface area contributed by atoms with Crippen LogP contribution in [0.5, 0.6) is 0 Å². The molecule has 2 aromatic carbocycles. The first-order valence-electron chi connectivity index (χ1n) is 9.06. The van der Waals surface area contributed by atoms with Crippen LogP contribution < -0.4 is 10.4 Å². The van der Waals surface area contributed by atoms with Gasteiger partial charge in [0.25, 0.3) is 5.91 Å². The van der Waals surface area contributed by atoms with E-state index in [2.05, 4.69) is 61.7 Å². The first-order chi connectivity index (χ1) is 12.4. The number of anilines is 1. The number of rotatable bonds is 4. The molecule has 0 aromatic heterocycles. The van der Waals surface area contributed by atoms with Gasteiger partial charge in [0.05, 0.1) is 5.69 Å². The van der Waals surface area contributed by atoms with Gasteiger partial charge in [0.1, 0.15) is 0 Å². The predicted molar refractivity (Wildman–Crippen MR) is 108 cm³/mol. The summed E-state index contributed by atoms with van der Waals surface area (Å²) in [5, 5.41) is 2.10. The van der Waals surface area contributed by atoms with Crippen LogP contribution in [0.3, 0.4) is 0 Å². The third-order valence-electron chi connectivity index (χ3n) is 4.65. The molecule has 3 rings (SSSR count). The third-order valence-corrected chi connectivity index (χ3v) is 4.65. The fourth-order valence-electron chi connectivity index (χ4n) is 3.15. The molecular formula is C22H27N3O. The molecule has 26 heavy (non-hydrogen) atoms. The van der Waals surface area contributed by atoms with Crippen molar-refractivity contribution in [3.8, 4) is 11.1 Å². The summed E-state index contributed by atoms with van der Waals surface area (Å²) in [5.74, 6) is 0.457. The molecule has 0 fully saturated rings. The van der Waals surface area contributed by atoms with Crippen molar-refractivity contribution in [3.05, 3.63) is 65.9 Å². The summed E-state index contributed by atoms with van der Waals surface area (Å²) < 4.78 is 0. The molecule has 1 heterocycles. The number of benzene rings is 2. The number of nitrogens with one attached hydrogen (secondary N) is 1. The SMILES string of the molecule is CC1C=CN(c2cc(-c3ccc(C(=O)N(C)C)cc3)ccc2C(C)C)N1. The van der Waals surface area contributed by atoms with Crippen molar-refractivity contribution in [3.63, 3.8) is 0 Å². The Bertz CT molecular complexity index is 822. The lowest BCUT2D eigenvalue weighted by atomic mass is 9.96. The summed E-state index contributed by atoms with van der Waals surface area (Å²) in [4.78, 5) is 13.7. The van der Waals surface area contributed by atoms with Gasteiger partial charge in [-0.05, 0) is 53.8 Å². The Morgan fingerprint density at radius 2 is 1.73 bits per heavy atom. The molecule has 4 heteroatoms. The number of amides is 1. The zero-order valence-electron chi connectivity index (χ0n) is 16.2. The second-order valence-corrected chi connectivity index (χ2v) is 7.33. The average Bonchev–Trinajstić information content (AvgIpc) is 3.07. The second-order valence-electron chi connectivity index (χ2n) is 7.33. The van der Waals surface area contributed by atoms with Gasteiger partial charge in [0, 0.05) is 31.9 Å². The van der Waals surface area contributed by atoms with E-state index in [0.29, 0.717) is 17.5 Å². The molecule has 0 bridgehead atoms. The summed E-state index contributed by atoms with van der Waals surface area (Å²) in [6.45, 7) is 6.56. The van der Waals surface area contributed by atoms with E-state index in [4.69, 9.17) is 0 Å². The van der Waals surface area contributed by atoms with Gasteiger partial charge in [-0.2, -0.15) is 0 Å². The molecule has 0 spiro atoms. The standard InChI is InChI=1S/C22H27N3O/c1-15(2)20-11-10-19(14-21(20)25-13-12-16(3)23-25)17-6-8-18(9-7-17)22(26)24(4)5/h6-16,23H,1-5H3. The highest BCUT2D eigenvalue weighted by Crippen LogP contribution is 2.33. The van der Waals surface area contributed by atoms with Crippen LogP contribution in [0.4, 0.5) is 5.69 Å². The van der Waals surface area contributed by atoms with E-state index in [1.165, 1.54) is 11.3 Å². The molecule has 4 nitrogen and oxygen atoms in total. The number of hydrazine groups is 1. The molecule has 1 aliphatic heterocycles. The van der Waals surface area contributed by atoms with Gasteiger partial charge < -0.3 is 4.90 Å². The summed E-state index contributed by atoms with van der Waals surface area (Å²) in [6.07, 6.45) is 4.24. The predicted octanol–water partition coefficient (Wildman–Crippen LogP) is 4.41. The molecule has 1 amide bonds. The molecule has 1 atom stereocenters. The minimum Gasteiger partial charge on any atom is -0.345 e. The summed E-state index contributed by atoms with van der Waals surface area (Å²) in [6, 6.07) is 14.7. The van der Waals surface area contributed by atoms with Crippen LogP contribution in [0, 0.1) is 0 Å². The van der Waals surface area contributed by atoms with Crippen LogP contribution in [0.15, 0.2) is 54.7 Å². The van der Waals surface area contributed by atoms with Gasteiger partial charge in [-0.3, -0.25) is 9.80 Å². The monoisotopic (exact) mass is 349 g/mol. The van der Waals surface area contributed by atoms with Crippen LogP contribution >= 0.6 is 0 Å². The topological polar surface area (TPSA) is 35.6 Å². The van der Waals surface area contributed by atoms with E-state index in [1.54, 1.807) is 19.0 Å². The molecular weight excluding hydrogens is 322 g/mol. The highest BCUT2D eigenvalue weighted by molar-refractivity contribution is 5.94. The number of carbonyl (C=O) groups excluding carboxylic acids is 1. The Labute approximate surface area is 156 Å². The maximum Gasteiger partial charge on any atom is 0.253 e. The van der Waals surface area contributed by atoms with Gasteiger partial charge in [-0.25, -0.2) is 5.43 Å². The van der Waals surface area contributed by atoms with E-state index >= 15 is 0 Å². The van der Waals surface area contributed by atoms with Crippen LogP contribution in [0.25, 0.3) is 11.1 Å². The van der Waals surface area contributed by atoms with Crippen molar-refractivity contribution in [2.75, 3.05) is 19.1 Å². The van der Waals surface area contributed by atoms with Crippen LogP contribution in [0.1, 0.15) is 42.6 Å². The van der Waals surface area contributed by atoms with Gasteiger partial charge in [0.15, 0.2) is 0 Å². The normalized spacial score (nSPS) is 16.4. The van der Waals surface area contributed by atoms with E-state index in [9.17, 15) is 4.79 Å². The van der Waals surface area contributed by atoms with Crippen LogP contribution in [-0.4, -0.2) is 30.9 Å². The lowest BCUT2D eigenvalue weighted by Crippen LogP contribution is -2.34. The molecule has 0 saturated heterocycles. The molecule has 1 unspecified atom stereocenters. The summed E-state index contributed by atoms with van der Waals surface area (Å²) >= 11 is 0. The average molecular weight is 349 g/mol. The highest BCUT2D eigenvalue weighted by atomic mass is 16.2. The summed E-state index contributed by atoms with van der Waals surface area (Å²) in [5.41, 5.74) is 8.88. The van der Waals surface area contributed by atoms with E-state index < -0.39 is 0 Å². The molecule has 1 aliphatic rings. The van der Waals surface area contributed by atoms with Gasteiger partial charge in [-0.15, -0.1) is 0 Å². The van der Waals surface area contributed by atoms with E-state index in [1.807, 2.05) is 24.3 Å². The van der Waals surface area contributed by atoms with Crippen molar-refractivity contribution >= 4 is 11.6 Å². The van der Waals surface area contributed by atoms with Crippen LogP contribution in [0.2, 0.25) is 0 Å². The second kappa shape index (κ2) is 7.34. The van der Waals surface area contributed by atoms with Gasteiger partial charge in [0.2, 0.25) is 0 Å². The summed E-state index contributed by atoms with van der Waals surface area (Å²) in [7, 11) is 3.54. The number of nitrogens with zero attached hydrogens (tertiary/aromatic N) is 2. The van der Waals surface area contributed by atoms with Crippen molar-refractivity contribution < 1.29 is 4.79 Å². The smallest absolute Gasteiger partial charge is 0.253 e. The zero-order valence-corrected chi connectivity index (χ0v) is 16.2. The molecule has 0 saturated carbocycles. The maximum atomic E-state index is 12.1. The Morgan fingerprint density at radius 3 is 2.27 bits per heavy atom. The van der Waals surface area contributed by atoms with E-state index in [-0.39, 0.29) is 5.91 Å². The molecule has 2 aromatic rings. The number of hydrogen-bond donors (Lipinski definition) is 1. The highest BCUT2D eigenvalue weighted by Gasteiger charge is 2.18. The molecule has 136 valence electrons. The van der Waals surface area contributed by atoms with Crippen molar-refractivity contribution in [1.29, 1.82) is 0 Å². The molecule has 0 radical (unpaired) electrons. The van der Waals surface area contributed by atoms with Crippen molar-refractivity contribution in [1.82, 2.24) is 10.3 Å². The third kappa shape index (κ3) is 3.65. The first-order valence-corrected chi connectivity index (χ1v) is 9.06. The fraction of sp³-hybridized carbons (Fsp3) is 0.318. The van der Waals surface area contributed by atoms with Crippen molar-refractivity contribution in [2.45, 2.75) is 32.7 Å². The van der Waals surface area contributed by atoms with Crippen LogP contribution in [-0.2, 0) is 0 Å². The Morgan fingerprint density at radius 1 is 1.08 bits per heavy atom. The molecule has 0 aliphatic carbocycles. The zero-order chi connectivity index (χ0) is 18.8. The minimum absolute atomic E-state index is 0.0211. The largest absolute Gasteiger partial charge is 0.345 e. The Hall–Kier alpha value is -2.59. The van der Waals surface area contributed by atoms with Crippen molar-refractivity contribution in [2.24, 2.45) is 0 Å². The Kier molecular flexibility index (Phi) is 5.14. The maximum absolute atomic E-state index is 12.1. The van der Waals surface area contributed by atoms with Gasteiger partial charge >= 0.3 is 0 Å². The molecule has 1 N–H and O–H groups in total. The van der Waals surface area contributed by atoms with E-state index in [0.717, 1.165) is 11.1 Å². The Balaban J connectivity index is 1.96.